The van der Waals surface area contributed by atoms with E-state index in [4.69, 9.17) is 0 Å². The highest BCUT2D eigenvalue weighted by atomic mass is 79.9. The van der Waals surface area contributed by atoms with Gasteiger partial charge in [0.05, 0.1) is 4.92 Å². The lowest BCUT2D eigenvalue weighted by Crippen LogP contribution is -2.11. The quantitative estimate of drug-likeness (QED) is 0.477. The molecular weight excluding hydrogens is 286 g/mol. The van der Waals surface area contributed by atoms with Crippen LogP contribution in [0.4, 0.5) is 5.69 Å². The fraction of sp³-hybridized carbons (Fsp3) is 0.727. The summed E-state index contributed by atoms with van der Waals surface area (Å²) in [6, 6.07) is 0. The Morgan fingerprint density at radius 2 is 2.12 bits per heavy atom. The van der Waals surface area contributed by atoms with Gasteiger partial charge in [-0.05, 0) is 6.42 Å². The first-order chi connectivity index (χ1) is 7.90. The Balaban J connectivity index is 3.32. The number of hydrogen-bond donors (Lipinski definition) is 0. The van der Waals surface area contributed by atoms with Gasteiger partial charge in [0.1, 0.15) is 11.4 Å². The van der Waals surface area contributed by atoms with Crippen molar-refractivity contribution in [3.8, 4) is 0 Å². The average molecular weight is 304 g/mol. The topological polar surface area (TPSA) is 61.0 Å². The predicted octanol–water partition coefficient (Wildman–Crippen LogP) is 3.17. The second-order valence-electron chi connectivity index (χ2n) is 4.28. The molecule has 0 aliphatic rings. The molecule has 6 heteroatoms. The van der Waals surface area contributed by atoms with Crippen molar-refractivity contribution in [2.45, 2.75) is 44.4 Å². The molecule has 1 aromatic heterocycles. The molecule has 0 aliphatic carbocycles. The van der Waals surface area contributed by atoms with Crippen molar-refractivity contribution in [1.29, 1.82) is 0 Å². The van der Waals surface area contributed by atoms with Gasteiger partial charge in [0.2, 0.25) is 0 Å². The van der Waals surface area contributed by atoms with Crippen molar-refractivity contribution in [2.24, 2.45) is 7.05 Å². The van der Waals surface area contributed by atoms with Crippen molar-refractivity contribution in [3.63, 3.8) is 0 Å². The summed E-state index contributed by atoms with van der Waals surface area (Å²) in [7, 11) is 1.77. The summed E-state index contributed by atoms with van der Waals surface area (Å²) in [5.41, 5.74) is 1.48. The first-order valence-corrected chi connectivity index (χ1v) is 6.65. The van der Waals surface area contributed by atoms with Crippen LogP contribution in [-0.4, -0.2) is 19.5 Å². The summed E-state index contributed by atoms with van der Waals surface area (Å²) in [5, 5.41) is 15.5. The highest BCUT2D eigenvalue weighted by Crippen LogP contribution is 2.34. The summed E-state index contributed by atoms with van der Waals surface area (Å²) < 4.78 is 1.64. The predicted molar refractivity (Wildman–Crippen MR) is 70.7 cm³/mol. The van der Waals surface area contributed by atoms with E-state index in [1.807, 2.05) is 20.8 Å². The molecule has 1 aromatic rings. The number of nitrogens with zero attached hydrogens (tertiary/aromatic N) is 3. The van der Waals surface area contributed by atoms with E-state index >= 15 is 0 Å². The van der Waals surface area contributed by atoms with Crippen LogP contribution in [0.3, 0.4) is 0 Å². The Bertz CT molecular complexity index is 415. The van der Waals surface area contributed by atoms with Crippen molar-refractivity contribution >= 4 is 21.6 Å². The fourth-order valence-corrected chi connectivity index (χ4v) is 2.17. The first kappa shape index (κ1) is 14.2. The molecule has 5 nitrogen and oxygen atoms in total. The Morgan fingerprint density at radius 3 is 2.53 bits per heavy atom. The van der Waals surface area contributed by atoms with Crippen LogP contribution in [0.2, 0.25) is 0 Å². The molecule has 1 heterocycles. The summed E-state index contributed by atoms with van der Waals surface area (Å²) in [4.78, 5) is 11.1. The summed E-state index contributed by atoms with van der Waals surface area (Å²) in [5.74, 6) is 0.0542. The molecule has 0 amide bonds. The molecule has 0 aromatic carbocycles. The van der Waals surface area contributed by atoms with Crippen molar-refractivity contribution in [2.75, 3.05) is 0 Å². The van der Waals surface area contributed by atoms with Gasteiger partial charge in [0.15, 0.2) is 0 Å². The van der Waals surface area contributed by atoms with Gasteiger partial charge >= 0.3 is 5.69 Å². The van der Waals surface area contributed by atoms with E-state index in [2.05, 4.69) is 21.0 Å². The zero-order valence-corrected chi connectivity index (χ0v) is 12.2. The molecule has 0 aliphatic heterocycles. The highest BCUT2D eigenvalue weighted by molar-refractivity contribution is 9.09. The highest BCUT2D eigenvalue weighted by Gasteiger charge is 2.30. The number of nitro groups is 1. The molecule has 0 bridgehead atoms. The Labute approximate surface area is 109 Å². The SMILES string of the molecule is CCCc1nn(C)c(C(C)C(C)Br)c1[N+](=O)[O-]. The minimum Gasteiger partial charge on any atom is -0.265 e. The maximum Gasteiger partial charge on any atom is 0.313 e. The van der Waals surface area contributed by atoms with Gasteiger partial charge < -0.3 is 0 Å². The lowest BCUT2D eigenvalue weighted by atomic mass is 10.0. The Morgan fingerprint density at radius 1 is 1.53 bits per heavy atom. The maximum atomic E-state index is 11.2. The third kappa shape index (κ3) is 2.86. The van der Waals surface area contributed by atoms with Crippen LogP contribution >= 0.6 is 15.9 Å². The molecule has 2 atom stereocenters. The zero-order chi connectivity index (χ0) is 13.2. The summed E-state index contributed by atoms with van der Waals surface area (Å²) in [6.07, 6.45) is 1.50. The zero-order valence-electron chi connectivity index (χ0n) is 10.6. The summed E-state index contributed by atoms with van der Waals surface area (Å²) in [6.45, 7) is 5.95. The van der Waals surface area contributed by atoms with Gasteiger partial charge in [0, 0.05) is 17.8 Å². The molecule has 0 spiro atoms. The molecule has 0 fully saturated rings. The van der Waals surface area contributed by atoms with Crippen molar-refractivity contribution in [1.82, 2.24) is 9.78 Å². The smallest absolute Gasteiger partial charge is 0.265 e. The van der Waals surface area contributed by atoms with E-state index in [-0.39, 0.29) is 21.4 Å². The van der Waals surface area contributed by atoms with Crippen LogP contribution in [0.5, 0.6) is 0 Å². The molecule has 17 heavy (non-hydrogen) atoms. The largest absolute Gasteiger partial charge is 0.313 e. The molecule has 0 saturated carbocycles. The molecule has 0 saturated heterocycles. The van der Waals surface area contributed by atoms with Crippen LogP contribution in [0.1, 0.15) is 44.5 Å². The number of alkyl halides is 1. The third-order valence-corrected chi connectivity index (χ3v) is 3.72. The molecule has 96 valence electrons. The second-order valence-corrected chi connectivity index (χ2v) is 5.72. The molecule has 0 N–H and O–H groups in total. The minimum absolute atomic E-state index is 0.0542. The average Bonchev–Trinajstić information content (AvgIpc) is 2.54. The molecular formula is C11H18BrN3O2. The molecule has 0 radical (unpaired) electrons. The number of halogens is 1. The fourth-order valence-electron chi connectivity index (χ4n) is 1.92. The minimum atomic E-state index is -0.306. The van der Waals surface area contributed by atoms with E-state index in [1.165, 1.54) is 0 Å². The first-order valence-electron chi connectivity index (χ1n) is 5.74. The lowest BCUT2D eigenvalue weighted by Gasteiger charge is -2.13. The van der Waals surface area contributed by atoms with E-state index in [0.29, 0.717) is 17.8 Å². The monoisotopic (exact) mass is 303 g/mol. The van der Waals surface area contributed by atoms with Gasteiger partial charge in [0.25, 0.3) is 0 Å². The lowest BCUT2D eigenvalue weighted by molar-refractivity contribution is -0.386. The van der Waals surface area contributed by atoms with Crippen LogP contribution in [0.25, 0.3) is 0 Å². The summed E-state index contributed by atoms with van der Waals surface area (Å²) >= 11 is 3.48. The van der Waals surface area contributed by atoms with Gasteiger partial charge in [-0.25, -0.2) is 0 Å². The van der Waals surface area contributed by atoms with E-state index in [1.54, 1.807) is 11.7 Å². The maximum absolute atomic E-state index is 11.2. The molecule has 1 rings (SSSR count). The van der Waals surface area contributed by atoms with Crippen LogP contribution in [0.15, 0.2) is 0 Å². The van der Waals surface area contributed by atoms with Crippen molar-refractivity contribution < 1.29 is 4.92 Å². The van der Waals surface area contributed by atoms with E-state index in [0.717, 1.165) is 6.42 Å². The van der Waals surface area contributed by atoms with E-state index < -0.39 is 0 Å². The Kier molecular flexibility index (Phi) is 4.68. The van der Waals surface area contributed by atoms with Gasteiger partial charge in [-0.1, -0.05) is 43.1 Å². The molecule has 2 unspecified atom stereocenters. The van der Waals surface area contributed by atoms with E-state index in [9.17, 15) is 10.1 Å². The third-order valence-electron chi connectivity index (χ3n) is 2.92. The number of rotatable bonds is 5. The van der Waals surface area contributed by atoms with Crippen LogP contribution < -0.4 is 0 Å². The standard InChI is InChI=1S/C11H18BrN3O2/c1-5-6-9-11(15(16)17)10(14(4)13-9)7(2)8(3)12/h7-8H,5-6H2,1-4H3. The number of aromatic nitrogens is 2. The Hall–Kier alpha value is -0.910. The van der Waals surface area contributed by atoms with Gasteiger partial charge in [-0.3, -0.25) is 14.8 Å². The number of aryl methyl sites for hydroxylation is 2. The number of hydrogen-bond acceptors (Lipinski definition) is 3. The normalized spacial score (nSPS) is 14.6. The van der Waals surface area contributed by atoms with Gasteiger partial charge in [-0.2, -0.15) is 5.10 Å². The van der Waals surface area contributed by atoms with Gasteiger partial charge in [-0.15, -0.1) is 0 Å². The van der Waals surface area contributed by atoms with Crippen LogP contribution in [-0.2, 0) is 13.5 Å². The second kappa shape index (κ2) is 5.62. The van der Waals surface area contributed by atoms with Crippen LogP contribution in [0, 0.1) is 10.1 Å². The van der Waals surface area contributed by atoms with Crippen molar-refractivity contribution in [3.05, 3.63) is 21.5 Å².